The normalized spacial score (nSPS) is 16.5. The van der Waals surface area contributed by atoms with Crippen molar-refractivity contribution in [3.8, 4) is 0 Å². The molecule has 2 aromatic heterocycles. The summed E-state index contributed by atoms with van der Waals surface area (Å²) in [6, 6.07) is 0.447. The Morgan fingerprint density at radius 2 is 1.91 bits per heavy atom. The third kappa shape index (κ3) is 6.29. The predicted octanol–water partition coefficient (Wildman–Crippen LogP) is 1.47. The average molecular weight is 446 g/mol. The van der Waals surface area contributed by atoms with Crippen molar-refractivity contribution in [2.24, 2.45) is 18.0 Å². The molecule has 32 heavy (non-hydrogen) atoms. The van der Waals surface area contributed by atoms with Gasteiger partial charge in [0, 0.05) is 45.8 Å². The Labute approximate surface area is 191 Å². The molecule has 0 saturated carbocycles. The van der Waals surface area contributed by atoms with Crippen LogP contribution < -0.4 is 16.0 Å². The van der Waals surface area contributed by atoms with E-state index in [1.165, 1.54) is 12.8 Å². The molecule has 0 radical (unpaired) electrons. The lowest BCUT2D eigenvalue weighted by Gasteiger charge is -2.38. The van der Waals surface area contributed by atoms with Gasteiger partial charge in [0.1, 0.15) is 12.1 Å². The summed E-state index contributed by atoms with van der Waals surface area (Å²) in [5.74, 6) is 2.29. The zero-order chi connectivity index (χ0) is 22.8. The Balaban J connectivity index is 1.56. The summed E-state index contributed by atoms with van der Waals surface area (Å²) in [4.78, 5) is 16.1. The number of aromatic nitrogens is 4. The van der Waals surface area contributed by atoms with E-state index in [-0.39, 0.29) is 0 Å². The molecule has 0 spiro atoms. The second-order valence-electron chi connectivity index (χ2n) is 8.09. The van der Waals surface area contributed by atoms with Crippen molar-refractivity contribution in [2.75, 3.05) is 57.8 Å². The van der Waals surface area contributed by atoms with Crippen molar-refractivity contribution in [1.82, 2.24) is 35.3 Å². The number of guanidine groups is 1. The number of ether oxygens (including phenoxy) is 1. The monoisotopic (exact) mass is 445 g/mol. The van der Waals surface area contributed by atoms with E-state index in [2.05, 4.69) is 56.7 Å². The topological polar surface area (TPSA) is 105 Å². The molecule has 2 aromatic rings. The number of aliphatic imine (C=N–C) groups is 1. The van der Waals surface area contributed by atoms with Crippen LogP contribution in [0.5, 0.6) is 0 Å². The van der Waals surface area contributed by atoms with E-state index in [0.717, 1.165) is 68.7 Å². The third-order valence-electron chi connectivity index (χ3n) is 6.13. The zero-order valence-corrected chi connectivity index (χ0v) is 20.0. The second kappa shape index (κ2) is 12.5. The van der Waals surface area contributed by atoms with Crippen LogP contribution >= 0.6 is 0 Å². The summed E-state index contributed by atoms with van der Waals surface area (Å²) in [5, 5.41) is 15.4. The minimum Gasteiger partial charge on any atom is -0.379 e. The number of hydrogen-bond acceptors (Lipinski definition) is 7. The standard InChI is InChI=1S/C22H39N9O/c1-5-17(6-2)19(31-10-12-32-13-11-31)15-26-22(23-7-3)25-9-8-24-20-18-14-29-30(4)21(18)28-16-27-20/h14,16-17,19H,5-13,15H2,1-4H3,(H2,23,25,26)(H,24,27,28). The Hall–Kier alpha value is -2.46. The molecule has 1 aliphatic rings. The Morgan fingerprint density at radius 3 is 2.62 bits per heavy atom. The Morgan fingerprint density at radius 1 is 1.12 bits per heavy atom. The molecule has 178 valence electrons. The molecule has 0 aromatic carbocycles. The van der Waals surface area contributed by atoms with Crippen LogP contribution in [0.1, 0.15) is 33.6 Å². The maximum absolute atomic E-state index is 5.57. The summed E-state index contributed by atoms with van der Waals surface area (Å²) in [7, 11) is 1.88. The second-order valence-corrected chi connectivity index (χ2v) is 8.09. The molecule has 0 aliphatic carbocycles. The molecule has 1 atom stereocenters. The fourth-order valence-corrected chi connectivity index (χ4v) is 4.30. The summed E-state index contributed by atoms with van der Waals surface area (Å²) in [5.41, 5.74) is 0.820. The van der Waals surface area contributed by atoms with Gasteiger partial charge in [0.05, 0.1) is 31.3 Å². The van der Waals surface area contributed by atoms with Gasteiger partial charge in [-0.3, -0.25) is 14.6 Å². The lowest BCUT2D eigenvalue weighted by Crippen LogP contribution is -2.49. The summed E-state index contributed by atoms with van der Waals surface area (Å²) < 4.78 is 7.32. The lowest BCUT2D eigenvalue weighted by atomic mass is 9.92. The molecule has 1 unspecified atom stereocenters. The van der Waals surface area contributed by atoms with E-state index in [1.807, 2.05) is 7.05 Å². The molecule has 3 N–H and O–H groups in total. The molecule has 1 saturated heterocycles. The van der Waals surface area contributed by atoms with Crippen LogP contribution in [0.3, 0.4) is 0 Å². The van der Waals surface area contributed by atoms with Crippen LogP contribution in [-0.2, 0) is 11.8 Å². The minimum absolute atomic E-state index is 0.447. The van der Waals surface area contributed by atoms with Gasteiger partial charge in [0.15, 0.2) is 11.6 Å². The third-order valence-corrected chi connectivity index (χ3v) is 6.13. The van der Waals surface area contributed by atoms with Crippen molar-refractivity contribution >= 4 is 22.8 Å². The molecular weight excluding hydrogens is 406 g/mol. The van der Waals surface area contributed by atoms with E-state index in [9.17, 15) is 0 Å². The van der Waals surface area contributed by atoms with E-state index in [4.69, 9.17) is 9.73 Å². The minimum atomic E-state index is 0.447. The van der Waals surface area contributed by atoms with Crippen LogP contribution in [0.15, 0.2) is 17.5 Å². The number of hydrogen-bond donors (Lipinski definition) is 3. The van der Waals surface area contributed by atoms with Gasteiger partial charge >= 0.3 is 0 Å². The number of nitrogens with one attached hydrogen (secondary N) is 3. The quantitative estimate of drug-likeness (QED) is 0.271. The van der Waals surface area contributed by atoms with Crippen molar-refractivity contribution in [3.05, 3.63) is 12.5 Å². The fourth-order valence-electron chi connectivity index (χ4n) is 4.30. The van der Waals surface area contributed by atoms with Gasteiger partial charge in [0.25, 0.3) is 0 Å². The zero-order valence-electron chi connectivity index (χ0n) is 20.0. The number of aryl methyl sites for hydroxylation is 1. The first kappa shape index (κ1) is 24.2. The first-order valence-corrected chi connectivity index (χ1v) is 11.9. The molecule has 10 heteroatoms. The highest BCUT2D eigenvalue weighted by Gasteiger charge is 2.26. The maximum Gasteiger partial charge on any atom is 0.191 e. The van der Waals surface area contributed by atoms with E-state index in [0.29, 0.717) is 18.5 Å². The van der Waals surface area contributed by atoms with Gasteiger partial charge in [-0.1, -0.05) is 26.7 Å². The number of nitrogens with zero attached hydrogens (tertiary/aromatic N) is 6. The van der Waals surface area contributed by atoms with Crippen LogP contribution in [0.4, 0.5) is 5.82 Å². The van der Waals surface area contributed by atoms with Crippen LogP contribution in [-0.4, -0.2) is 89.1 Å². The lowest BCUT2D eigenvalue weighted by molar-refractivity contribution is 0.00395. The molecule has 0 bridgehead atoms. The summed E-state index contributed by atoms with van der Waals surface area (Å²) in [6.07, 6.45) is 5.70. The average Bonchev–Trinajstić information content (AvgIpc) is 3.21. The number of rotatable bonds is 11. The van der Waals surface area contributed by atoms with E-state index >= 15 is 0 Å². The Kier molecular flexibility index (Phi) is 9.48. The first-order valence-electron chi connectivity index (χ1n) is 11.9. The number of fused-ring (bicyclic) bond motifs is 1. The van der Waals surface area contributed by atoms with Gasteiger partial charge in [0.2, 0.25) is 0 Å². The van der Waals surface area contributed by atoms with Crippen LogP contribution in [0.25, 0.3) is 11.0 Å². The van der Waals surface area contributed by atoms with Crippen molar-refractivity contribution in [3.63, 3.8) is 0 Å². The molecular formula is C22H39N9O. The van der Waals surface area contributed by atoms with Crippen molar-refractivity contribution in [1.29, 1.82) is 0 Å². The van der Waals surface area contributed by atoms with Crippen LogP contribution in [0.2, 0.25) is 0 Å². The van der Waals surface area contributed by atoms with Gasteiger partial charge < -0.3 is 20.7 Å². The van der Waals surface area contributed by atoms with Crippen molar-refractivity contribution in [2.45, 2.75) is 39.7 Å². The van der Waals surface area contributed by atoms with Crippen LogP contribution in [0, 0.1) is 5.92 Å². The van der Waals surface area contributed by atoms with Gasteiger partial charge in [-0.25, -0.2) is 9.97 Å². The summed E-state index contributed by atoms with van der Waals surface area (Å²) in [6.45, 7) is 13.3. The smallest absolute Gasteiger partial charge is 0.191 e. The van der Waals surface area contributed by atoms with Gasteiger partial charge in [-0.05, 0) is 12.8 Å². The highest BCUT2D eigenvalue weighted by molar-refractivity contribution is 5.86. The molecule has 10 nitrogen and oxygen atoms in total. The highest BCUT2D eigenvalue weighted by atomic mass is 16.5. The van der Waals surface area contributed by atoms with E-state index in [1.54, 1.807) is 17.2 Å². The fraction of sp³-hybridized carbons (Fsp3) is 0.727. The van der Waals surface area contributed by atoms with E-state index < -0.39 is 0 Å². The summed E-state index contributed by atoms with van der Waals surface area (Å²) >= 11 is 0. The maximum atomic E-state index is 5.57. The number of anilines is 1. The van der Waals surface area contributed by atoms with Gasteiger partial charge in [-0.2, -0.15) is 5.10 Å². The molecule has 1 fully saturated rings. The van der Waals surface area contributed by atoms with Gasteiger partial charge in [-0.15, -0.1) is 0 Å². The van der Waals surface area contributed by atoms with Crippen molar-refractivity contribution < 1.29 is 4.74 Å². The number of morpholine rings is 1. The molecule has 0 amide bonds. The Bertz CT molecular complexity index is 843. The largest absolute Gasteiger partial charge is 0.379 e. The molecule has 3 rings (SSSR count). The predicted molar refractivity (Wildman–Crippen MR) is 129 cm³/mol. The molecule has 1 aliphatic heterocycles. The highest BCUT2D eigenvalue weighted by Crippen LogP contribution is 2.20. The SMILES string of the molecule is CCNC(=NCC(C(CC)CC)N1CCOCC1)NCCNc1ncnc2c1cnn2C. The first-order chi connectivity index (χ1) is 15.7. The molecule has 3 heterocycles.